The second kappa shape index (κ2) is 11.3. The maximum atomic E-state index is 13.9. The summed E-state index contributed by atoms with van der Waals surface area (Å²) in [6.07, 6.45) is 15.6. The fourth-order valence-corrected chi connectivity index (χ4v) is 5.52. The molecule has 0 atom stereocenters. The van der Waals surface area contributed by atoms with Gasteiger partial charge in [-0.1, -0.05) is 50.6 Å². The van der Waals surface area contributed by atoms with Crippen molar-refractivity contribution < 1.29 is 4.39 Å². The Labute approximate surface area is 238 Å². The van der Waals surface area contributed by atoms with Crippen molar-refractivity contribution in [3.05, 3.63) is 103 Å². The summed E-state index contributed by atoms with van der Waals surface area (Å²) < 4.78 is 13.9. The standard InChI is InChI=1S/C33H32FN7/c1-4-21(17-26(5-2)37-20(3)22-10-7-6-8-11-22)24-18-27-30(40-41-32(27)36-19-24)33-38-28-14-15-35-29(31(28)39-33)23-12-9-13-25(34)16-23/h4-5,9,12-19,22,37H,2-3,6-8,10-11H2,1H3,(H,38,39)(H,36,40,41)/b21-4+,26-17+. The Morgan fingerprint density at radius 1 is 1.12 bits per heavy atom. The fourth-order valence-electron chi connectivity index (χ4n) is 5.52. The summed E-state index contributed by atoms with van der Waals surface area (Å²) in [6, 6.07) is 10.3. The third-order valence-electron chi connectivity index (χ3n) is 7.72. The van der Waals surface area contributed by atoms with Gasteiger partial charge in [-0.2, -0.15) is 5.10 Å². The first kappa shape index (κ1) is 26.4. The molecule has 4 heterocycles. The number of fused-ring (bicyclic) bond motifs is 2. The molecular formula is C33H32FN7. The zero-order valence-electron chi connectivity index (χ0n) is 23.0. The zero-order chi connectivity index (χ0) is 28.3. The van der Waals surface area contributed by atoms with E-state index in [1.165, 1.54) is 44.2 Å². The van der Waals surface area contributed by atoms with Gasteiger partial charge in [-0.25, -0.2) is 14.4 Å². The number of aromatic amines is 2. The molecule has 0 saturated heterocycles. The van der Waals surface area contributed by atoms with Crippen LogP contribution in [0.2, 0.25) is 0 Å². The fraction of sp³-hybridized carbons (Fsp3) is 0.212. The maximum Gasteiger partial charge on any atom is 0.181 e. The lowest BCUT2D eigenvalue weighted by atomic mass is 9.87. The lowest BCUT2D eigenvalue weighted by Crippen LogP contribution is -2.20. The number of halogens is 1. The van der Waals surface area contributed by atoms with Gasteiger partial charge in [-0.3, -0.25) is 10.1 Å². The quantitative estimate of drug-likeness (QED) is 0.173. The van der Waals surface area contributed by atoms with Gasteiger partial charge in [0.25, 0.3) is 0 Å². The summed E-state index contributed by atoms with van der Waals surface area (Å²) in [5, 5.41) is 11.8. The number of imidazole rings is 1. The Kier molecular flexibility index (Phi) is 7.29. The van der Waals surface area contributed by atoms with E-state index in [0.29, 0.717) is 39.9 Å². The first-order valence-corrected chi connectivity index (χ1v) is 14.0. The Hall–Kier alpha value is -4.85. The predicted molar refractivity (Wildman–Crippen MR) is 163 cm³/mol. The summed E-state index contributed by atoms with van der Waals surface area (Å²) in [5.74, 6) is 0.771. The first-order valence-electron chi connectivity index (χ1n) is 14.0. The van der Waals surface area contributed by atoms with Gasteiger partial charge in [0, 0.05) is 34.9 Å². The highest BCUT2D eigenvalue weighted by molar-refractivity contribution is 5.96. The highest BCUT2D eigenvalue weighted by Crippen LogP contribution is 2.32. The van der Waals surface area contributed by atoms with Crippen molar-refractivity contribution in [2.75, 3.05) is 0 Å². The molecule has 0 unspecified atom stereocenters. The van der Waals surface area contributed by atoms with Gasteiger partial charge in [0.1, 0.15) is 17.0 Å². The number of nitrogens with zero attached hydrogens (tertiary/aromatic N) is 4. The second-order valence-electron chi connectivity index (χ2n) is 10.4. The number of rotatable bonds is 8. The molecule has 0 bridgehead atoms. The average Bonchev–Trinajstić information content (AvgIpc) is 3.63. The van der Waals surface area contributed by atoms with Crippen LogP contribution in [0.25, 0.3) is 50.4 Å². The summed E-state index contributed by atoms with van der Waals surface area (Å²) in [5.41, 5.74) is 7.88. The van der Waals surface area contributed by atoms with Gasteiger partial charge in [0.05, 0.1) is 16.6 Å². The molecule has 1 aliphatic rings. The van der Waals surface area contributed by atoms with Crippen LogP contribution in [0.3, 0.4) is 0 Å². The Morgan fingerprint density at radius 3 is 2.76 bits per heavy atom. The van der Waals surface area contributed by atoms with Crippen LogP contribution < -0.4 is 5.32 Å². The number of benzene rings is 1. The third kappa shape index (κ3) is 5.33. The van der Waals surface area contributed by atoms with Crippen LogP contribution in [0.1, 0.15) is 44.6 Å². The van der Waals surface area contributed by atoms with E-state index >= 15 is 0 Å². The minimum Gasteiger partial charge on any atom is -0.359 e. The number of nitrogens with one attached hydrogen (secondary N) is 3. The molecule has 0 amide bonds. The van der Waals surface area contributed by atoms with Crippen LogP contribution in [-0.2, 0) is 0 Å². The number of aromatic nitrogens is 6. The number of allylic oxidation sites excluding steroid dienone is 5. The van der Waals surface area contributed by atoms with E-state index in [2.05, 4.69) is 61.8 Å². The molecule has 8 heteroatoms. The van der Waals surface area contributed by atoms with E-state index in [9.17, 15) is 4.39 Å². The zero-order valence-corrected chi connectivity index (χ0v) is 23.0. The lowest BCUT2D eigenvalue weighted by molar-refractivity contribution is 0.393. The van der Waals surface area contributed by atoms with Crippen LogP contribution in [0.4, 0.5) is 4.39 Å². The SMILES string of the molecule is C=C/C(=C\C(=C/C)c1cnc2n[nH]c(-c3nc4c(-c5cccc(F)c5)nccc4[nH]3)c2c1)NC(=C)C1CCCCC1. The molecule has 0 spiro atoms. The minimum atomic E-state index is -0.322. The molecular weight excluding hydrogens is 513 g/mol. The summed E-state index contributed by atoms with van der Waals surface area (Å²) >= 11 is 0. The van der Waals surface area contributed by atoms with E-state index in [4.69, 9.17) is 4.98 Å². The molecule has 0 aliphatic heterocycles. The van der Waals surface area contributed by atoms with Crippen molar-refractivity contribution in [1.82, 2.24) is 35.5 Å². The van der Waals surface area contributed by atoms with E-state index in [1.54, 1.807) is 12.3 Å². The van der Waals surface area contributed by atoms with Crippen molar-refractivity contribution in [3.63, 3.8) is 0 Å². The van der Waals surface area contributed by atoms with Crippen molar-refractivity contribution in [1.29, 1.82) is 0 Å². The van der Waals surface area contributed by atoms with Gasteiger partial charge >= 0.3 is 0 Å². The summed E-state index contributed by atoms with van der Waals surface area (Å²) in [6.45, 7) is 10.3. The number of H-pyrrole nitrogens is 2. The third-order valence-corrected chi connectivity index (χ3v) is 7.72. The molecule has 4 aromatic heterocycles. The molecule has 0 radical (unpaired) electrons. The van der Waals surface area contributed by atoms with Gasteiger partial charge in [0.15, 0.2) is 11.5 Å². The Balaban J connectivity index is 1.34. The normalized spacial score (nSPS) is 15.0. The van der Waals surface area contributed by atoms with E-state index < -0.39 is 0 Å². The van der Waals surface area contributed by atoms with Gasteiger partial charge in [0.2, 0.25) is 0 Å². The Morgan fingerprint density at radius 2 is 1.98 bits per heavy atom. The minimum absolute atomic E-state index is 0.322. The molecule has 3 N–H and O–H groups in total. The van der Waals surface area contributed by atoms with Crippen LogP contribution in [-0.4, -0.2) is 30.1 Å². The van der Waals surface area contributed by atoms with Crippen molar-refractivity contribution in [3.8, 4) is 22.8 Å². The van der Waals surface area contributed by atoms with Crippen molar-refractivity contribution in [2.45, 2.75) is 39.0 Å². The molecule has 1 aliphatic carbocycles. The molecule has 6 rings (SSSR count). The molecule has 206 valence electrons. The smallest absolute Gasteiger partial charge is 0.181 e. The van der Waals surface area contributed by atoms with Gasteiger partial charge in [-0.05, 0) is 67.7 Å². The molecule has 1 aromatic carbocycles. The summed E-state index contributed by atoms with van der Waals surface area (Å²) in [4.78, 5) is 17.3. The van der Waals surface area contributed by atoms with Crippen LogP contribution in [0.5, 0.6) is 0 Å². The number of pyridine rings is 2. The van der Waals surface area contributed by atoms with Gasteiger partial charge < -0.3 is 10.3 Å². The average molecular weight is 546 g/mol. The highest BCUT2D eigenvalue weighted by Gasteiger charge is 2.18. The van der Waals surface area contributed by atoms with E-state index in [0.717, 1.165) is 33.4 Å². The Bertz CT molecular complexity index is 1820. The maximum absolute atomic E-state index is 13.9. The molecule has 1 fully saturated rings. The monoisotopic (exact) mass is 545 g/mol. The van der Waals surface area contributed by atoms with Crippen LogP contribution in [0, 0.1) is 11.7 Å². The second-order valence-corrected chi connectivity index (χ2v) is 10.4. The lowest BCUT2D eigenvalue weighted by Gasteiger charge is -2.25. The number of hydrogen-bond donors (Lipinski definition) is 3. The number of hydrogen-bond acceptors (Lipinski definition) is 5. The molecule has 41 heavy (non-hydrogen) atoms. The first-order chi connectivity index (χ1) is 20.0. The highest BCUT2D eigenvalue weighted by atomic mass is 19.1. The predicted octanol–water partition coefficient (Wildman–Crippen LogP) is 7.86. The summed E-state index contributed by atoms with van der Waals surface area (Å²) in [7, 11) is 0. The van der Waals surface area contributed by atoms with Crippen molar-refractivity contribution >= 4 is 27.6 Å². The van der Waals surface area contributed by atoms with E-state index in [-0.39, 0.29) is 5.82 Å². The molecule has 7 nitrogen and oxygen atoms in total. The van der Waals surface area contributed by atoms with Crippen LogP contribution >= 0.6 is 0 Å². The topological polar surface area (TPSA) is 95.2 Å². The van der Waals surface area contributed by atoms with Crippen LogP contribution in [0.15, 0.2) is 91.6 Å². The molecule has 1 saturated carbocycles. The van der Waals surface area contributed by atoms with E-state index in [1.807, 2.05) is 31.3 Å². The van der Waals surface area contributed by atoms with Gasteiger partial charge in [-0.15, -0.1) is 0 Å². The van der Waals surface area contributed by atoms with Crippen molar-refractivity contribution in [2.24, 2.45) is 5.92 Å². The largest absolute Gasteiger partial charge is 0.359 e. The molecule has 5 aromatic rings.